The standard InChI is InChI=1S/C20H19ClFN3O3S/c1-12-4-7-23(8-5-12)17(26)11-24-16-6-9-29-18(16)19(27)25(20(24)28)13-2-3-15(22)14(21)10-13/h2-3,6,9-10,12H,4-5,7-8,11H2,1H3. The molecule has 1 aromatic carbocycles. The Labute approximate surface area is 174 Å². The van der Waals surface area contributed by atoms with Gasteiger partial charge in [0.1, 0.15) is 17.1 Å². The van der Waals surface area contributed by atoms with Crippen LogP contribution in [-0.4, -0.2) is 33.0 Å². The van der Waals surface area contributed by atoms with Crippen LogP contribution in [-0.2, 0) is 11.3 Å². The van der Waals surface area contributed by atoms with Crippen LogP contribution >= 0.6 is 22.9 Å². The molecule has 152 valence electrons. The van der Waals surface area contributed by atoms with Crippen LogP contribution in [0.2, 0.25) is 5.02 Å². The number of aromatic nitrogens is 2. The molecule has 6 nitrogen and oxygen atoms in total. The Balaban J connectivity index is 1.81. The fourth-order valence-electron chi connectivity index (χ4n) is 3.59. The number of hydrogen-bond donors (Lipinski definition) is 0. The van der Waals surface area contributed by atoms with Crippen LogP contribution < -0.4 is 11.2 Å². The lowest BCUT2D eigenvalue weighted by Gasteiger charge is -2.30. The second-order valence-corrected chi connectivity index (χ2v) is 8.63. The van der Waals surface area contributed by atoms with Gasteiger partial charge in [-0.15, -0.1) is 11.3 Å². The van der Waals surface area contributed by atoms with E-state index in [0.717, 1.165) is 23.5 Å². The number of carbonyl (C=O) groups is 1. The van der Waals surface area contributed by atoms with Gasteiger partial charge >= 0.3 is 5.69 Å². The minimum Gasteiger partial charge on any atom is -0.341 e. The summed E-state index contributed by atoms with van der Waals surface area (Å²) in [6, 6.07) is 5.32. The number of fused-ring (bicyclic) bond motifs is 1. The van der Waals surface area contributed by atoms with Crippen molar-refractivity contribution in [1.82, 2.24) is 14.0 Å². The van der Waals surface area contributed by atoms with Crippen molar-refractivity contribution in [3.63, 3.8) is 0 Å². The first-order chi connectivity index (χ1) is 13.9. The third-order valence-corrected chi connectivity index (χ3v) is 6.53. The molecule has 0 spiro atoms. The molecule has 0 radical (unpaired) electrons. The van der Waals surface area contributed by atoms with Crippen LogP contribution in [0.15, 0.2) is 39.2 Å². The van der Waals surface area contributed by atoms with Crippen LogP contribution in [0.3, 0.4) is 0 Å². The van der Waals surface area contributed by atoms with Gasteiger partial charge in [0.15, 0.2) is 0 Å². The highest BCUT2D eigenvalue weighted by atomic mass is 35.5. The van der Waals surface area contributed by atoms with Gasteiger partial charge in [0.25, 0.3) is 5.56 Å². The number of thiophene rings is 1. The SMILES string of the molecule is CC1CCN(C(=O)Cn2c(=O)n(-c3ccc(F)c(Cl)c3)c(=O)c3sccc32)CC1. The summed E-state index contributed by atoms with van der Waals surface area (Å²) in [7, 11) is 0. The molecule has 0 aliphatic carbocycles. The molecule has 1 fully saturated rings. The average molecular weight is 436 g/mol. The summed E-state index contributed by atoms with van der Waals surface area (Å²) < 4.78 is 16.2. The predicted octanol–water partition coefficient (Wildman–Crippen LogP) is 3.26. The number of rotatable bonds is 3. The Kier molecular flexibility index (Phi) is 5.31. The van der Waals surface area contributed by atoms with Crippen LogP contribution in [0.25, 0.3) is 15.9 Å². The molecule has 1 amide bonds. The quantitative estimate of drug-likeness (QED) is 0.634. The van der Waals surface area contributed by atoms with Gasteiger partial charge in [0, 0.05) is 13.1 Å². The Bertz CT molecular complexity index is 1210. The minimum atomic E-state index is -0.651. The lowest BCUT2D eigenvalue weighted by atomic mass is 9.99. The fraction of sp³-hybridized carbons (Fsp3) is 0.350. The highest BCUT2D eigenvalue weighted by Gasteiger charge is 2.23. The van der Waals surface area contributed by atoms with Crippen molar-refractivity contribution in [2.75, 3.05) is 13.1 Å². The Morgan fingerprint density at radius 1 is 1.24 bits per heavy atom. The van der Waals surface area contributed by atoms with E-state index >= 15 is 0 Å². The normalized spacial score (nSPS) is 15.2. The minimum absolute atomic E-state index is 0.157. The maximum Gasteiger partial charge on any atom is 0.336 e. The summed E-state index contributed by atoms with van der Waals surface area (Å²) in [5.74, 6) is -0.222. The molecule has 0 unspecified atom stereocenters. The summed E-state index contributed by atoms with van der Waals surface area (Å²) in [5.41, 5.74) is -0.580. The maximum atomic E-state index is 13.6. The molecule has 0 N–H and O–H groups in total. The van der Waals surface area contributed by atoms with Crippen molar-refractivity contribution in [3.8, 4) is 5.69 Å². The van der Waals surface area contributed by atoms with Gasteiger partial charge in [-0.3, -0.25) is 14.2 Å². The molecule has 1 saturated heterocycles. The van der Waals surface area contributed by atoms with Gasteiger partial charge in [0.05, 0.1) is 16.2 Å². The smallest absolute Gasteiger partial charge is 0.336 e. The van der Waals surface area contributed by atoms with Gasteiger partial charge < -0.3 is 4.90 Å². The summed E-state index contributed by atoms with van der Waals surface area (Å²) in [6.45, 7) is 3.32. The summed E-state index contributed by atoms with van der Waals surface area (Å²) in [5, 5.41) is 1.52. The highest BCUT2D eigenvalue weighted by molar-refractivity contribution is 7.17. The Morgan fingerprint density at radius 3 is 2.66 bits per heavy atom. The molecular weight excluding hydrogens is 417 g/mol. The van der Waals surface area contributed by atoms with Gasteiger partial charge in [-0.05, 0) is 48.4 Å². The molecule has 0 bridgehead atoms. The summed E-state index contributed by atoms with van der Waals surface area (Å²) in [4.78, 5) is 40.7. The van der Waals surface area contributed by atoms with Crippen LogP contribution in [0.1, 0.15) is 19.8 Å². The summed E-state index contributed by atoms with van der Waals surface area (Å²) >= 11 is 7.04. The largest absolute Gasteiger partial charge is 0.341 e. The lowest BCUT2D eigenvalue weighted by molar-refractivity contribution is -0.133. The monoisotopic (exact) mass is 435 g/mol. The zero-order valence-electron chi connectivity index (χ0n) is 15.7. The van der Waals surface area contributed by atoms with Crippen molar-refractivity contribution in [1.29, 1.82) is 0 Å². The van der Waals surface area contributed by atoms with Crippen molar-refractivity contribution in [3.05, 3.63) is 61.3 Å². The maximum absolute atomic E-state index is 13.6. The van der Waals surface area contributed by atoms with Gasteiger partial charge in [-0.25, -0.2) is 13.8 Å². The third kappa shape index (κ3) is 3.62. The van der Waals surface area contributed by atoms with E-state index in [9.17, 15) is 18.8 Å². The lowest BCUT2D eigenvalue weighted by Crippen LogP contribution is -2.44. The first kappa shape index (κ1) is 19.8. The second kappa shape index (κ2) is 7.76. The van der Waals surface area contributed by atoms with E-state index in [1.165, 1.54) is 28.0 Å². The van der Waals surface area contributed by atoms with Crippen LogP contribution in [0.4, 0.5) is 4.39 Å². The highest BCUT2D eigenvalue weighted by Crippen LogP contribution is 2.21. The number of halogens is 2. The van der Waals surface area contributed by atoms with E-state index in [4.69, 9.17) is 11.6 Å². The van der Waals surface area contributed by atoms with Gasteiger partial charge in [-0.2, -0.15) is 0 Å². The predicted molar refractivity (Wildman–Crippen MR) is 112 cm³/mol. The zero-order valence-corrected chi connectivity index (χ0v) is 17.3. The molecule has 3 aromatic rings. The van der Waals surface area contributed by atoms with E-state index in [2.05, 4.69) is 6.92 Å². The number of carbonyl (C=O) groups excluding carboxylic acids is 1. The summed E-state index contributed by atoms with van der Waals surface area (Å²) in [6.07, 6.45) is 1.87. The molecule has 0 saturated carbocycles. The topological polar surface area (TPSA) is 64.3 Å². The van der Waals surface area contributed by atoms with E-state index < -0.39 is 17.1 Å². The molecule has 0 atom stereocenters. The second-order valence-electron chi connectivity index (χ2n) is 7.31. The first-order valence-corrected chi connectivity index (χ1v) is 10.6. The van der Waals surface area contributed by atoms with Crippen molar-refractivity contribution in [2.24, 2.45) is 5.92 Å². The molecule has 9 heteroatoms. The third-order valence-electron chi connectivity index (χ3n) is 5.35. The molecule has 1 aliphatic heterocycles. The fourth-order valence-corrected chi connectivity index (χ4v) is 4.58. The molecule has 4 rings (SSSR count). The number of benzene rings is 1. The molecule has 2 aromatic heterocycles. The number of piperidine rings is 1. The van der Waals surface area contributed by atoms with Crippen molar-refractivity contribution >= 4 is 39.1 Å². The number of likely N-dealkylation sites (tertiary alicyclic amines) is 1. The first-order valence-electron chi connectivity index (χ1n) is 9.33. The van der Waals surface area contributed by atoms with Crippen molar-refractivity contribution < 1.29 is 9.18 Å². The van der Waals surface area contributed by atoms with Gasteiger partial charge in [-0.1, -0.05) is 18.5 Å². The zero-order chi connectivity index (χ0) is 20.7. The van der Waals surface area contributed by atoms with Crippen LogP contribution in [0.5, 0.6) is 0 Å². The number of nitrogens with zero attached hydrogens (tertiary/aromatic N) is 3. The van der Waals surface area contributed by atoms with E-state index in [0.29, 0.717) is 29.2 Å². The molecule has 3 heterocycles. The van der Waals surface area contributed by atoms with E-state index in [-0.39, 0.29) is 23.2 Å². The molecular formula is C20H19ClFN3O3S. The number of hydrogen-bond acceptors (Lipinski definition) is 4. The Hall–Kier alpha value is -2.45. The molecule has 29 heavy (non-hydrogen) atoms. The van der Waals surface area contributed by atoms with E-state index in [1.807, 2.05) is 0 Å². The van der Waals surface area contributed by atoms with E-state index in [1.54, 1.807) is 16.3 Å². The number of amides is 1. The Morgan fingerprint density at radius 2 is 1.97 bits per heavy atom. The molecule has 1 aliphatic rings. The van der Waals surface area contributed by atoms with Crippen LogP contribution in [0, 0.1) is 11.7 Å². The van der Waals surface area contributed by atoms with Crippen molar-refractivity contribution in [2.45, 2.75) is 26.3 Å². The average Bonchev–Trinajstić information content (AvgIpc) is 3.18. The van der Waals surface area contributed by atoms with Gasteiger partial charge in [0.2, 0.25) is 5.91 Å².